The van der Waals surface area contributed by atoms with E-state index < -0.39 is 24.2 Å². The van der Waals surface area contributed by atoms with E-state index in [0.29, 0.717) is 32.0 Å². The standard InChI is InChI=1S/C12H21F3N2O2/c1-9(2)17-6-4-11(5-7-17,10(18)19-3)16-8-12(13,14)15/h9,16H,4-8H2,1-3H3. The number of carbonyl (C=O) groups is 1. The Morgan fingerprint density at radius 3 is 2.26 bits per heavy atom. The molecule has 0 aromatic rings. The van der Waals surface area contributed by atoms with Gasteiger partial charge in [-0.05, 0) is 26.7 Å². The van der Waals surface area contributed by atoms with E-state index in [2.05, 4.69) is 15.0 Å². The van der Waals surface area contributed by atoms with Crippen molar-refractivity contribution in [3.05, 3.63) is 0 Å². The van der Waals surface area contributed by atoms with Crippen LogP contribution in [0.2, 0.25) is 0 Å². The van der Waals surface area contributed by atoms with Crippen molar-refractivity contribution in [3.8, 4) is 0 Å². The monoisotopic (exact) mass is 282 g/mol. The molecule has 0 saturated carbocycles. The van der Waals surface area contributed by atoms with Crippen LogP contribution in [0.3, 0.4) is 0 Å². The summed E-state index contributed by atoms with van der Waals surface area (Å²) in [6, 6.07) is 0.318. The number of nitrogens with zero attached hydrogens (tertiary/aromatic N) is 1. The van der Waals surface area contributed by atoms with Crippen LogP contribution < -0.4 is 5.32 Å². The van der Waals surface area contributed by atoms with E-state index in [0.717, 1.165) is 0 Å². The molecule has 0 radical (unpaired) electrons. The van der Waals surface area contributed by atoms with Crippen molar-refractivity contribution in [2.24, 2.45) is 0 Å². The summed E-state index contributed by atoms with van der Waals surface area (Å²) in [6.07, 6.45) is -3.68. The molecular weight excluding hydrogens is 261 g/mol. The van der Waals surface area contributed by atoms with Crippen LogP contribution in [0.4, 0.5) is 13.2 Å². The molecule has 0 amide bonds. The van der Waals surface area contributed by atoms with E-state index in [1.54, 1.807) is 0 Å². The van der Waals surface area contributed by atoms with Crippen molar-refractivity contribution in [1.82, 2.24) is 10.2 Å². The topological polar surface area (TPSA) is 41.6 Å². The van der Waals surface area contributed by atoms with Gasteiger partial charge in [-0.25, -0.2) is 0 Å². The van der Waals surface area contributed by atoms with Crippen LogP contribution in [0, 0.1) is 0 Å². The van der Waals surface area contributed by atoms with Gasteiger partial charge in [0.25, 0.3) is 0 Å². The Labute approximate surface area is 111 Å². The van der Waals surface area contributed by atoms with Gasteiger partial charge < -0.3 is 9.64 Å². The predicted octanol–water partition coefficient (Wildman–Crippen LogP) is 1.55. The van der Waals surface area contributed by atoms with Crippen LogP contribution in [0.15, 0.2) is 0 Å². The van der Waals surface area contributed by atoms with Crippen molar-refractivity contribution in [1.29, 1.82) is 0 Å². The lowest BCUT2D eigenvalue weighted by Gasteiger charge is -2.41. The third kappa shape index (κ3) is 4.35. The van der Waals surface area contributed by atoms with Gasteiger partial charge >= 0.3 is 12.1 Å². The van der Waals surface area contributed by atoms with Crippen molar-refractivity contribution < 1.29 is 22.7 Å². The predicted molar refractivity (Wildman–Crippen MR) is 64.7 cm³/mol. The molecular formula is C12H21F3N2O2. The fourth-order valence-electron chi connectivity index (χ4n) is 2.34. The number of methoxy groups -OCH3 is 1. The van der Waals surface area contributed by atoms with E-state index in [1.165, 1.54) is 7.11 Å². The molecule has 0 unspecified atom stereocenters. The highest BCUT2D eigenvalue weighted by Gasteiger charge is 2.44. The molecule has 7 heteroatoms. The maximum absolute atomic E-state index is 12.3. The summed E-state index contributed by atoms with van der Waals surface area (Å²) < 4.78 is 41.7. The SMILES string of the molecule is COC(=O)C1(NCC(F)(F)F)CCN(C(C)C)CC1. The number of likely N-dealkylation sites (tertiary alicyclic amines) is 1. The Morgan fingerprint density at radius 1 is 1.37 bits per heavy atom. The summed E-state index contributed by atoms with van der Waals surface area (Å²) in [5, 5.41) is 2.36. The number of esters is 1. The molecule has 0 aromatic carbocycles. The summed E-state index contributed by atoms with van der Waals surface area (Å²) >= 11 is 0. The van der Waals surface area contributed by atoms with Gasteiger partial charge in [0.1, 0.15) is 5.54 Å². The fraction of sp³-hybridized carbons (Fsp3) is 0.917. The molecule has 1 rings (SSSR count). The molecule has 0 spiro atoms. The smallest absolute Gasteiger partial charge is 0.401 e. The van der Waals surface area contributed by atoms with Crippen LogP contribution in [0.5, 0.6) is 0 Å². The first kappa shape index (κ1) is 16.2. The Hall–Kier alpha value is -0.820. The number of piperidine rings is 1. The van der Waals surface area contributed by atoms with Gasteiger partial charge in [0.05, 0.1) is 13.7 Å². The zero-order chi connectivity index (χ0) is 14.7. The van der Waals surface area contributed by atoms with Gasteiger partial charge in [-0.15, -0.1) is 0 Å². The molecule has 0 bridgehead atoms. The number of ether oxygens (including phenoxy) is 1. The van der Waals surface area contributed by atoms with E-state index in [-0.39, 0.29) is 0 Å². The largest absolute Gasteiger partial charge is 0.468 e. The molecule has 1 heterocycles. The summed E-state index contributed by atoms with van der Waals surface area (Å²) in [5.74, 6) is -0.611. The summed E-state index contributed by atoms with van der Waals surface area (Å²) in [6.45, 7) is 4.03. The van der Waals surface area contributed by atoms with Crippen molar-refractivity contribution >= 4 is 5.97 Å². The Balaban J connectivity index is 2.72. The minimum atomic E-state index is -4.34. The number of hydrogen-bond acceptors (Lipinski definition) is 4. The first-order chi connectivity index (χ1) is 8.70. The maximum Gasteiger partial charge on any atom is 0.401 e. The minimum Gasteiger partial charge on any atom is -0.468 e. The summed E-state index contributed by atoms with van der Waals surface area (Å²) in [5.41, 5.74) is -1.21. The van der Waals surface area contributed by atoms with Gasteiger partial charge in [-0.2, -0.15) is 13.2 Å². The molecule has 1 N–H and O–H groups in total. The molecule has 1 aliphatic rings. The number of carbonyl (C=O) groups excluding carboxylic acids is 1. The number of alkyl halides is 3. The Kier molecular flexibility index (Phi) is 5.20. The second kappa shape index (κ2) is 6.09. The van der Waals surface area contributed by atoms with Crippen molar-refractivity contribution in [2.75, 3.05) is 26.7 Å². The van der Waals surface area contributed by atoms with Crippen LogP contribution in [-0.2, 0) is 9.53 Å². The Morgan fingerprint density at radius 2 is 1.89 bits per heavy atom. The number of hydrogen-bond donors (Lipinski definition) is 1. The lowest BCUT2D eigenvalue weighted by atomic mass is 9.87. The molecule has 0 atom stereocenters. The second-order valence-corrected chi connectivity index (χ2v) is 5.17. The molecule has 112 valence electrons. The highest BCUT2D eigenvalue weighted by molar-refractivity contribution is 5.81. The molecule has 0 aromatic heterocycles. The van der Waals surface area contributed by atoms with Gasteiger partial charge in [0, 0.05) is 19.1 Å². The normalized spacial score (nSPS) is 20.6. The van der Waals surface area contributed by atoms with Crippen molar-refractivity contribution in [2.45, 2.75) is 44.4 Å². The van der Waals surface area contributed by atoms with Crippen LogP contribution in [0.1, 0.15) is 26.7 Å². The molecule has 19 heavy (non-hydrogen) atoms. The number of nitrogens with one attached hydrogen (secondary N) is 1. The minimum absolute atomic E-state index is 0.318. The summed E-state index contributed by atoms with van der Waals surface area (Å²) in [7, 11) is 1.20. The van der Waals surface area contributed by atoms with Gasteiger partial charge in [0.2, 0.25) is 0 Å². The zero-order valence-electron chi connectivity index (χ0n) is 11.5. The highest BCUT2D eigenvalue weighted by atomic mass is 19.4. The highest BCUT2D eigenvalue weighted by Crippen LogP contribution is 2.26. The van der Waals surface area contributed by atoms with E-state index in [4.69, 9.17) is 0 Å². The van der Waals surface area contributed by atoms with Crippen LogP contribution >= 0.6 is 0 Å². The first-order valence-corrected chi connectivity index (χ1v) is 6.34. The van der Waals surface area contributed by atoms with Crippen molar-refractivity contribution in [3.63, 3.8) is 0 Å². The third-order valence-corrected chi connectivity index (χ3v) is 3.59. The number of rotatable bonds is 4. The molecule has 1 fully saturated rings. The quantitative estimate of drug-likeness (QED) is 0.795. The lowest BCUT2D eigenvalue weighted by molar-refractivity contribution is -0.156. The van der Waals surface area contributed by atoms with Gasteiger partial charge in [0.15, 0.2) is 0 Å². The van der Waals surface area contributed by atoms with Gasteiger partial charge in [-0.1, -0.05) is 0 Å². The maximum atomic E-state index is 12.3. The van der Waals surface area contributed by atoms with Crippen LogP contribution in [0.25, 0.3) is 0 Å². The molecule has 0 aliphatic carbocycles. The zero-order valence-corrected chi connectivity index (χ0v) is 11.5. The number of halogens is 3. The lowest BCUT2D eigenvalue weighted by Crippen LogP contribution is -2.61. The Bertz CT molecular complexity index is 311. The first-order valence-electron chi connectivity index (χ1n) is 6.34. The average Bonchev–Trinajstić information content (AvgIpc) is 2.35. The third-order valence-electron chi connectivity index (χ3n) is 3.59. The fourth-order valence-corrected chi connectivity index (χ4v) is 2.34. The molecule has 1 saturated heterocycles. The van der Waals surface area contributed by atoms with E-state index in [1.807, 2.05) is 13.8 Å². The second-order valence-electron chi connectivity index (χ2n) is 5.17. The van der Waals surface area contributed by atoms with Gasteiger partial charge in [-0.3, -0.25) is 10.1 Å². The molecule has 1 aliphatic heterocycles. The average molecular weight is 282 g/mol. The van der Waals surface area contributed by atoms with E-state index >= 15 is 0 Å². The van der Waals surface area contributed by atoms with Crippen LogP contribution in [-0.4, -0.2) is 55.4 Å². The summed E-state index contributed by atoms with van der Waals surface area (Å²) in [4.78, 5) is 13.9. The van der Waals surface area contributed by atoms with E-state index in [9.17, 15) is 18.0 Å². The molecule has 4 nitrogen and oxygen atoms in total.